The Hall–Kier alpha value is -1.78. The van der Waals surface area contributed by atoms with Gasteiger partial charge in [0.1, 0.15) is 10.6 Å². The minimum absolute atomic E-state index is 0.0125. The van der Waals surface area contributed by atoms with Gasteiger partial charge in [0, 0.05) is 23.7 Å². The molecule has 2 aromatic carbocycles. The molecule has 1 heterocycles. The SMILES string of the molecule is COc1ccc(NC(=O)CSc2ccccc2Cl)cc1S(=O)(=O)N1CCOCC1. The summed E-state index contributed by atoms with van der Waals surface area (Å²) in [6.07, 6.45) is 0. The Bertz CT molecular complexity index is 978. The molecule has 0 unspecified atom stereocenters. The van der Waals surface area contributed by atoms with Crippen molar-refractivity contribution in [2.75, 3.05) is 44.5 Å². The van der Waals surface area contributed by atoms with E-state index in [9.17, 15) is 13.2 Å². The summed E-state index contributed by atoms with van der Waals surface area (Å²) in [6.45, 7) is 1.24. The number of benzene rings is 2. The van der Waals surface area contributed by atoms with Crippen molar-refractivity contribution in [2.24, 2.45) is 0 Å². The molecule has 1 aliphatic heterocycles. The van der Waals surface area contributed by atoms with E-state index >= 15 is 0 Å². The maximum atomic E-state index is 13.0. The molecule has 1 N–H and O–H groups in total. The summed E-state index contributed by atoms with van der Waals surface area (Å²) in [5.41, 5.74) is 0.377. The highest BCUT2D eigenvalue weighted by atomic mass is 35.5. The summed E-state index contributed by atoms with van der Waals surface area (Å²) >= 11 is 7.40. The number of sulfonamides is 1. The van der Waals surface area contributed by atoms with E-state index in [0.29, 0.717) is 23.9 Å². The van der Waals surface area contributed by atoms with Crippen molar-refractivity contribution >= 4 is 45.0 Å². The Balaban J connectivity index is 1.74. The molecule has 3 rings (SSSR count). The second kappa shape index (κ2) is 9.82. The molecule has 0 saturated carbocycles. The summed E-state index contributed by atoms with van der Waals surface area (Å²) in [6, 6.07) is 11.8. The van der Waals surface area contributed by atoms with Gasteiger partial charge in [-0.3, -0.25) is 4.79 Å². The summed E-state index contributed by atoms with van der Waals surface area (Å²) in [5.74, 6) is 0.0937. The third-order valence-corrected chi connectivity index (χ3v) is 7.67. The first kappa shape index (κ1) is 21.9. The molecular weight excluding hydrogens is 436 g/mol. The molecule has 0 aliphatic carbocycles. The van der Waals surface area contributed by atoms with Crippen molar-refractivity contribution in [3.63, 3.8) is 0 Å². The largest absolute Gasteiger partial charge is 0.495 e. The van der Waals surface area contributed by atoms with Crippen LogP contribution in [0.2, 0.25) is 5.02 Å². The van der Waals surface area contributed by atoms with Crippen LogP contribution in [0, 0.1) is 0 Å². The van der Waals surface area contributed by atoms with Crippen LogP contribution in [0.5, 0.6) is 5.75 Å². The number of carbonyl (C=O) groups excluding carboxylic acids is 1. The second-order valence-corrected chi connectivity index (χ2v) is 9.48. The molecule has 2 aromatic rings. The van der Waals surface area contributed by atoms with Crippen LogP contribution in [0.25, 0.3) is 0 Å². The van der Waals surface area contributed by atoms with Crippen LogP contribution in [0.4, 0.5) is 5.69 Å². The summed E-state index contributed by atoms with van der Waals surface area (Å²) < 4.78 is 37.8. The van der Waals surface area contributed by atoms with E-state index in [1.165, 1.54) is 35.3 Å². The molecule has 1 saturated heterocycles. The number of anilines is 1. The number of hydrogen-bond acceptors (Lipinski definition) is 6. The van der Waals surface area contributed by atoms with E-state index in [-0.39, 0.29) is 35.4 Å². The van der Waals surface area contributed by atoms with E-state index in [2.05, 4.69) is 5.32 Å². The number of halogens is 1. The van der Waals surface area contributed by atoms with Gasteiger partial charge < -0.3 is 14.8 Å². The molecular formula is C19H21ClN2O5S2. The first-order chi connectivity index (χ1) is 13.9. The lowest BCUT2D eigenvalue weighted by molar-refractivity contribution is -0.113. The number of nitrogens with zero attached hydrogens (tertiary/aromatic N) is 1. The number of morpholine rings is 1. The molecule has 0 radical (unpaired) electrons. The van der Waals surface area contributed by atoms with Crippen molar-refractivity contribution in [2.45, 2.75) is 9.79 Å². The highest BCUT2D eigenvalue weighted by molar-refractivity contribution is 8.00. The number of methoxy groups -OCH3 is 1. The Morgan fingerprint density at radius 3 is 2.66 bits per heavy atom. The third-order valence-electron chi connectivity index (χ3n) is 4.23. The van der Waals surface area contributed by atoms with Gasteiger partial charge >= 0.3 is 0 Å². The second-order valence-electron chi connectivity index (χ2n) is 6.15. The van der Waals surface area contributed by atoms with Gasteiger partial charge in [0.15, 0.2) is 0 Å². The summed E-state index contributed by atoms with van der Waals surface area (Å²) in [7, 11) is -2.36. The molecule has 0 atom stereocenters. The first-order valence-corrected chi connectivity index (χ1v) is 11.7. The Morgan fingerprint density at radius 1 is 1.24 bits per heavy atom. The smallest absolute Gasteiger partial charge is 0.246 e. The Kier molecular flexibility index (Phi) is 7.42. The van der Waals surface area contributed by atoms with Gasteiger partial charge in [-0.1, -0.05) is 23.7 Å². The zero-order valence-electron chi connectivity index (χ0n) is 15.8. The molecule has 0 aromatic heterocycles. The number of nitrogens with one attached hydrogen (secondary N) is 1. The topological polar surface area (TPSA) is 84.9 Å². The lowest BCUT2D eigenvalue weighted by Gasteiger charge is -2.26. The van der Waals surface area contributed by atoms with E-state index in [4.69, 9.17) is 21.1 Å². The fourth-order valence-corrected chi connectivity index (χ4v) is 5.41. The van der Waals surface area contributed by atoms with Crippen LogP contribution >= 0.6 is 23.4 Å². The predicted octanol–water partition coefficient (Wildman–Crippen LogP) is 3.10. The lowest BCUT2D eigenvalue weighted by atomic mass is 10.3. The van der Waals surface area contributed by atoms with Gasteiger partial charge in [0.2, 0.25) is 15.9 Å². The van der Waals surface area contributed by atoms with Crippen LogP contribution in [-0.2, 0) is 19.6 Å². The lowest BCUT2D eigenvalue weighted by Crippen LogP contribution is -2.40. The average molecular weight is 457 g/mol. The zero-order valence-corrected chi connectivity index (χ0v) is 18.1. The fourth-order valence-electron chi connectivity index (χ4n) is 2.78. The van der Waals surface area contributed by atoms with Crippen molar-refractivity contribution in [1.82, 2.24) is 4.31 Å². The molecule has 29 heavy (non-hydrogen) atoms. The number of hydrogen-bond donors (Lipinski definition) is 1. The van der Waals surface area contributed by atoms with Crippen LogP contribution < -0.4 is 10.1 Å². The van der Waals surface area contributed by atoms with Gasteiger partial charge in [0.05, 0.1) is 31.1 Å². The van der Waals surface area contributed by atoms with Crippen LogP contribution in [-0.4, -0.2) is 57.8 Å². The fraction of sp³-hybridized carbons (Fsp3) is 0.316. The maximum absolute atomic E-state index is 13.0. The molecule has 1 fully saturated rings. The van der Waals surface area contributed by atoms with Crippen molar-refractivity contribution < 1.29 is 22.7 Å². The number of amides is 1. The van der Waals surface area contributed by atoms with E-state index in [1.54, 1.807) is 12.1 Å². The van der Waals surface area contributed by atoms with E-state index < -0.39 is 10.0 Å². The average Bonchev–Trinajstić information content (AvgIpc) is 2.74. The van der Waals surface area contributed by atoms with Crippen molar-refractivity contribution in [3.05, 3.63) is 47.5 Å². The number of thioether (sulfide) groups is 1. The normalized spacial score (nSPS) is 15.1. The molecule has 10 heteroatoms. The molecule has 7 nitrogen and oxygen atoms in total. The van der Waals surface area contributed by atoms with Gasteiger partial charge in [-0.2, -0.15) is 4.31 Å². The molecule has 1 amide bonds. The third kappa shape index (κ3) is 5.43. The van der Waals surface area contributed by atoms with Gasteiger partial charge in [-0.15, -0.1) is 11.8 Å². The number of carbonyl (C=O) groups is 1. The van der Waals surface area contributed by atoms with Crippen LogP contribution in [0.15, 0.2) is 52.3 Å². The Labute approximate surface area is 179 Å². The van der Waals surface area contributed by atoms with Crippen LogP contribution in [0.1, 0.15) is 0 Å². The van der Waals surface area contributed by atoms with Crippen LogP contribution in [0.3, 0.4) is 0 Å². The van der Waals surface area contributed by atoms with Gasteiger partial charge in [-0.25, -0.2) is 8.42 Å². The quantitative estimate of drug-likeness (QED) is 0.644. The highest BCUT2D eigenvalue weighted by Crippen LogP contribution is 2.31. The van der Waals surface area contributed by atoms with Gasteiger partial charge in [0.25, 0.3) is 0 Å². The van der Waals surface area contributed by atoms with E-state index in [1.807, 2.05) is 18.2 Å². The predicted molar refractivity (Wildman–Crippen MR) is 113 cm³/mol. The monoisotopic (exact) mass is 456 g/mol. The maximum Gasteiger partial charge on any atom is 0.246 e. The molecule has 0 bridgehead atoms. The molecule has 1 aliphatic rings. The van der Waals surface area contributed by atoms with Gasteiger partial charge in [-0.05, 0) is 30.3 Å². The van der Waals surface area contributed by atoms with Crippen molar-refractivity contribution in [3.8, 4) is 5.75 Å². The standard InChI is InChI=1S/C19H21ClN2O5S2/c1-26-16-7-6-14(12-18(16)29(24,25)22-8-10-27-11-9-22)21-19(23)13-28-17-5-3-2-4-15(17)20/h2-7,12H,8-11,13H2,1H3,(H,21,23). The molecule has 0 spiro atoms. The number of rotatable bonds is 7. The first-order valence-electron chi connectivity index (χ1n) is 8.85. The summed E-state index contributed by atoms with van der Waals surface area (Å²) in [4.78, 5) is 13.1. The van der Waals surface area contributed by atoms with Crippen molar-refractivity contribution in [1.29, 1.82) is 0 Å². The summed E-state index contributed by atoms with van der Waals surface area (Å²) in [5, 5.41) is 3.31. The Morgan fingerprint density at radius 2 is 1.97 bits per heavy atom. The molecule has 156 valence electrons. The minimum Gasteiger partial charge on any atom is -0.495 e. The van der Waals surface area contributed by atoms with E-state index in [0.717, 1.165) is 4.90 Å². The minimum atomic E-state index is -3.77. The highest BCUT2D eigenvalue weighted by Gasteiger charge is 2.29. The zero-order chi connectivity index (χ0) is 20.9. The number of ether oxygens (including phenoxy) is 2.